The molecule has 0 aliphatic rings. The van der Waals surface area contributed by atoms with Crippen molar-refractivity contribution in [2.75, 3.05) is 0 Å². The summed E-state index contributed by atoms with van der Waals surface area (Å²) < 4.78 is 0. The number of nitrogens with one attached hydrogen (secondary N) is 1. The molecule has 0 fully saturated rings. The minimum atomic E-state index is -0.562. The second-order valence-corrected chi connectivity index (χ2v) is 4.17. The predicted molar refractivity (Wildman–Crippen MR) is 60.5 cm³/mol. The van der Waals surface area contributed by atoms with Crippen LogP contribution in [0.25, 0.3) is 0 Å². The smallest absolute Gasteiger partial charge is 0.0698 e. The zero-order valence-corrected chi connectivity index (χ0v) is 9.49. The second kappa shape index (κ2) is 5.94. The molecule has 4 N–H and O–H groups in total. The van der Waals surface area contributed by atoms with Crippen LogP contribution in [-0.4, -0.2) is 23.0 Å². The molecule has 0 heterocycles. The summed E-state index contributed by atoms with van der Waals surface area (Å²) in [5.74, 6) is 0.683. The van der Waals surface area contributed by atoms with Gasteiger partial charge in [-0.15, -0.1) is 0 Å². The number of hydrogen-bond acceptors (Lipinski definition) is 3. The third kappa shape index (κ3) is 4.53. The number of nitrogens with two attached hydrogens (primary N) is 1. The molecule has 0 saturated carbocycles. The highest BCUT2D eigenvalue weighted by atomic mass is 16.3. The van der Waals surface area contributed by atoms with Gasteiger partial charge in [-0.05, 0) is 24.8 Å². The van der Waals surface area contributed by atoms with Crippen molar-refractivity contribution in [3.63, 3.8) is 0 Å². The zero-order chi connectivity index (χ0) is 11.3. The molecule has 0 spiro atoms. The lowest BCUT2D eigenvalue weighted by Gasteiger charge is -2.15. The van der Waals surface area contributed by atoms with Crippen molar-refractivity contribution in [2.24, 2.45) is 17.6 Å². The van der Waals surface area contributed by atoms with Crippen LogP contribution in [0.1, 0.15) is 27.7 Å². The summed E-state index contributed by atoms with van der Waals surface area (Å²) in [7, 11) is 0. The molecule has 14 heavy (non-hydrogen) atoms. The average Bonchev–Trinajstić information content (AvgIpc) is 2.11. The van der Waals surface area contributed by atoms with Crippen molar-refractivity contribution >= 4 is 5.71 Å². The number of aliphatic hydroxyl groups is 1. The highest BCUT2D eigenvalue weighted by Crippen LogP contribution is 2.11. The molecule has 0 radical (unpaired) electrons. The topological polar surface area (TPSA) is 70.1 Å². The Balaban J connectivity index is 4.18. The Bertz CT molecular complexity index is 209. The van der Waals surface area contributed by atoms with E-state index in [-0.39, 0.29) is 12.0 Å². The maximum atomic E-state index is 9.13. The minimum absolute atomic E-state index is 0.229. The number of rotatable bonds is 5. The quantitative estimate of drug-likeness (QED) is 0.587. The number of hydrogen-bond donors (Lipinski definition) is 3. The van der Waals surface area contributed by atoms with Crippen molar-refractivity contribution in [3.05, 3.63) is 12.2 Å². The van der Waals surface area contributed by atoms with Crippen LogP contribution in [0.15, 0.2) is 12.2 Å². The van der Waals surface area contributed by atoms with Crippen LogP contribution >= 0.6 is 0 Å². The van der Waals surface area contributed by atoms with E-state index < -0.39 is 6.10 Å². The lowest BCUT2D eigenvalue weighted by molar-refractivity contribution is 0.180. The van der Waals surface area contributed by atoms with Crippen LogP contribution in [0.3, 0.4) is 0 Å². The van der Waals surface area contributed by atoms with E-state index >= 15 is 0 Å². The number of allylic oxidation sites excluding steroid dienone is 1. The summed E-state index contributed by atoms with van der Waals surface area (Å²) in [6, 6.07) is -0.380. The van der Waals surface area contributed by atoms with Gasteiger partial charge in [0, 0.05) is 11.8 Å². The van der Waals surface area contributed by atoms with Gasteiger partial charge in [0.15, 0.2) is 0 Å². The first-order chi connectivity index (χ1) is 6.36. The third-order valence-corrected chi connectivity index (χ3v) is 2.55. The molecule has 0 saturated heterocycles. The van der Waals surface area contributed by atoms with Gasteiger partial charge in [0.05, 0.1) is 6.10 Å². The Morgan fingerprint density at radius 3 is 2.14 bits per heavy atom. The lowest BCUT2D eigenvalue weighted by atomic mass is 9.92. The Labute approximate surface area is 86.5 Å². The summed E-state index contributed by atoms with van der Waals surface area (Å²) in [5, 5.41) is 16.9. The maximum absolute atomic E-state index is 9.13. The first-order valence-corrected chi connectivity index (χ1v) is 5.06. The summed E-state index contributed by atoms with van der Waals surface area (Å²) in [5.41, 5.74) is 6.17. The van der Waals surface area contributed by atoms with Crippen LogP contribution in [0.4, 0.5) is 0 Å². The molecular weight excluding hydrogens is 176 g/mol. The standard InChI is InChI=1S/C11H22N2O/c1-7(2)8(3)10(12)5-6-11(13)9(4)14/h5-9,11-12,14H,13H2,1-4H3/b6-5-,12-10?/t8?,9-,11?/m1/s1. The van der Waals surface area contributed by atoms with Crippen LogP contribution in [0.5, 0.6) is 0 Å². The Hall–Kier alpha value is -0.670. The monoisotopic (exact) mass is 198 g/mol. The van der Waals surface area contributed by atoms with Crippen LogP contribution in [0.2, 0.25) is 0 Å². The van der Waals surface area contributed by atoms with Gasteiger partial charge in [0.1, 0.15) is 0 Å². The molecule has 0 aromatic carbocycles. The van der Waals surface area contributed by atoms with E-state index in [1.165, 1.54) is 0 Å². The molecule has 3 atom stereocenters. The van der Waals surface area contributed by atoms with Gasteiger partial charge in [-0.1, -0.05) is 26.8 Å². The summed E-state index contributed by atoms with van der Waals surface area (Å²) in [4.78, 5) is 0. The van der Waals surface area contributed by atoms with Crippen LogP contribution in [0, 0.1) is 17.2 Å². The summed E-state index contributed by atoms with van der Waals surface area (Å²) in [6.07, 6.45) is 2.82. The van der Waals surface area contributed by atoms with Gasteiger partial charge in [0.25, 0.3) is 0 Å². The predicted octanol–water partition coefficient (Wildman–Crippen LogP) is 1.56. The highest BCUT2D eigenvalue weighted by Gasteiger charge is 2.11. The van der Waals surface area contributed by atoms with E-state index in [9.17, 15) is 0 Å². The molecule has 0 aromatic rings. The highest BCUT2D eigenvalue weighted by molar-refractivity contribution is 5.94. The third-order valence-electron chi connectivity index (χ3n) is 2.55. The molecule has 3 heteroatoms. The first-order valence-electron chi connectivity index (χ1n) is 5.06. The van der Waals surface area contributed by atoms with Crippen molar-refractivity contribution in [1.29, 1.82) is 5.41 Å². The Kier molecular flexibility index (Phi) is 5.65. The fourth-order valence-corrected chi connectivity index (χ4v) is 0.886. The molecule has 0 aliphatic heterocycles. The Morgan fingerprint density at radius 2 is 1.79 bits per heavy atom. The average molecular weight is 198 g/mol. The van der Waals surface area contributed by atoms with E-state index in [0.717, 1.165) is 0 Å². The fourth-order valence-electron chi connectivity index (χ4n) is 0.886. The van der Waals surface area contributed by atoms with Crippen LogP contribution in [-0.2, 0) is 0 Å². The molecule has 2 unspecified atom stereocenters. The SMILES string of the molecule is CC(C)C(C)C(=N)/C=C\C(N)[C@@H](C)O. The zero-order valence-electron chi connectivity index (χ0n) is 9.49. The maximum Gasteiger partial charge on any atom is 0.0698 e. The van der Waals surface area contributed by atoms with Gasteiger partial charge in [-0.2, -0.15) is 0 Å². The lowest BCUT2D eigenvalue weighted by Crippen LogP contribution is -2.30. The van der Waals surface area contributed by atoms with Crippen molar-refractivity contribution in [1.82, 2.24) is 0 Å². The Morgan fingerprint density at radius 1 is 1.29 bits per heavy atom. The van der Waals surface area contributed by atoms with Gasteiger partial charge < -0.3 is 16.2 Å². The van der Waals surface area contributed by atoms with E-state index in [4.69, 9.17) is 16.2 Å². The molecule has 0 amide bonds. The fraction of sp³-hybridized carbons (Fsp3) is 0.727. The normalized spacial score (nSPS) is 18.5. The van der Waals surface area contributed by atoms with Gasteiger partial charge in [0.2, 0.25) is 0 Å². The second-order valence-electron chi connectivity index (χ2n) is 4.17. The van der Waals surface area contributed by atoms with Crippen molar-refractivity contribution < 1.29 is 5.11 Å². The van der Waals surface area contributed by atoms with E-state index in [1.54, 1.807) is 19.1 Å². The number of aliphatic hydroxyl groups excluding tert-OH is 1. The first kappa shape index (κ1) is 13.3. The van der Waals surface area contributed by atoms with E-state index in [2.05, 4.69) is 13.8 Å². The van der Waals surface area contributed by atoms with Crippen molar-refractivity contribution in [2.45, 2.75) is 39.8 Å². The van der Waals surface area contributed by atoms with Gasteiger partial charge >= 0.3 is 0 Å². The molecule has 0 aliphatic carbocycles. The molecule has 3 nitrogen and oxygen atoms in total. The van der Waals surface area contributed by atoms with E-state index in [1.807, 2.05) is 6.92 Å². The molecule has 0 aromatic heterocycles. The molecule has 82 valence electrons. The molecular formula is C11H22N2O. The van der Waals surface area contributed by atoms with Gasteiger partial charge in [-0.3, -0.25) is 0 Å². The van der Waals surface area contributed by atoms with Crippen molar-refractivity contribution in [3.8, 4) is 0 Å². The summed E-state index contributed by atoms with van der Waals surface area (Å²) in [6.45, 7) is 7.83. The largest absolute Gasteiger partial charge is 0.391 e. The molecule has 0 bridgehead atoms. The van der Waals surface area contributed by atoms with Crippen LogP contribution < -0.4 is 5.73 Å². The van der Waals surface area contributed by atoms with Gasteiger partial charge in [-0.25, -0.2) is 0 Å². The van der Waals surface area contributed by atoms with E-state index in [0.29, 0.717) is 11.6 Å². The minimum Gasteiger partial charge on any atom is -0.391 e. The summed E-state index contributed by atoms with van der Waals surface area (Å²) >= 11 is 0. The molecule has 0 rings (SSSR count).